The molecule has 1 atom stereocenters. The van der Waals surface area contributed by atoms with Gasteiger partial charge in [-0.2, -0.15) is 0 Å². The van der Waals surface area contributed by atoms with Gasteiger partial charge < -0.3 is 10.6 Å². The molecule has 2 N–H and O–H groups in total. The summed E-state index contributed by atoms with van der Waals surface area (Å²) in [6.07, 6.45) is 5.82. The van der Waals surface area contributed by atoms with Crippen LogP contribution < -0.4 is 10.6 Å². The summed E-state index contributed by atoms with van der Waals surface area (Å²) >= 11 is 0. The van der Waals surface area contributed by atoms with Crippen molar-refractivity contribution in [2.45, 2.75) is 58.9 Å². The Morgan fingerprint density at radius 1 is 1.20 bits per heavy atom. The fraction of sp³-hybridized carbons (Fsp3) is 0.938. The number of nitrogens with one attached hydrogen (secondary N) is 2. The normalized spacial score (nSPS) is 18.9. The molecule has 1 aliphatic rings. The predicted molar refractivity (Wildman–Crippen MR) is 84.8 cm³/mol. The monoisotopic (exact) mass is 283 g/mol. The average Bonchev–Trinajstić information content (AvgIpc) is 2.46. The van der Waals surface area contributed by atoms with Gasteiger partial charge in [0, 0.05) is 12.6 Å². The van der Waals surface area contributed by atoms with Gasteiger partial charge in [-0.3, -0.25) is 9.69 Å². The summed E-state index contributed by atoms with van der Waals surface area (Å²) < 4.78 is 0. The van der Waals surface area contributed by atoms with Crippen molar-refractivity contribution in [1.29, 1.82) is 0 Å². The van der Waals surface area contributed by atoms with Crippen molar-refractivity contribution >= 4 is 5.91 Å². The topological polar surface area (TPSA) is 44.4 Å². The number of amides is 1. The van der Waals surface area contributed by atoms with Gasteiger partial charge in [0.15, 0.2) is 0 Å². The Labute approximate surface area is 124 Å². The lowest BCUT2D eigenvalue weighted by Gasteiger charge is -2.34. The fourth-order valence-electron chi connectivity index (χ4n) is 2.81. The Kier molecular flexibility index (Phi) is 8.86. The molecule has 1 amide bonds. The van der Waals surface area contributed by atoms with E-state index < -0.39 is 0 Å². The van der Waals surface area contributed by atoms with E-state index in [2.05, 4.69) is 36.3 Å². The first-order chi connectivity index (χ1) is 9.67. The van der Waals surface area contributed by atoms with Crippen LogP contribution in [0.1, 0.15) is 52.9 Å². The highest BCUT2D eigenvalue weighted by Gasteiger charge is 2.24. The number of rotatable bonds is 9. The highest BCUT2D eigenvalue weighted by atomic mass is 16.2. The van der Waals surface area contributed by atoms with E-state index in [9.17, 15) is 4.79 Å². The van der Waals surface area contributed by atoms with Crippen molar-refractivity contribution in [3.05, 3.63) is 0 Å². The zero-order chi connectivity index (χ0) is 14.8. The molecular weight excluding hydrogens is 250 g/mol. The maximum Gasteiger partial charge on any atom is 0.234 e. The molecule has 0 aliphatic carbocycles. The molecule has 1 unspecified atom stereocenters. The molecule has 1 saturated heterocycles. The minimum atomic E-state index is 0.189. The summed E-state index contributed by atoms with van der Waals surface area (Å²) in [6.45, 7) is 11.3. The van der Waals surface area contributed by atoms with E-state index in [1.165, 1.54) is 19.3 Å². The maximum absolute atomic E-state index is 11.8. The number of hydrogen-bond acceptors (Lipinski definition) is 3. The van der Waals surface area contributed by atoms with Gasteiger partial charge in [0.1, 0.15) is 0 Å². The van der Waals surface area contributed by atoms with Crippen LogP contribution in [0, 0.1) is 5.92 Å². The van der Waals surface area contributed by atoms with Crippen LogP contribution in [0.2, 0.25) is 0 Å². The quantitative estimate of drug-likeness (QED) is 0.636. The Hall–Kier alpha value is -0.610. The van der Waals surface area contributed by atoms with Gasteiger partial charge in [-0.25, -0.2) is 0 Å². The van der Waals surface area contributed by atoms with E-state index >= 15 is 0 Å². The first kappa shape index (κ1) is 17.4. The molecule has 0 aromatic carbocycles. The van der Waals surface area contributed by atoms with Crippen LogP contribution in [0.4, 0.5) is 0 Å². The Morgan fingerprint density at radius 2 is 1.90 bits per heavy atom. The van der Waals surface area contributed by atoms with Crippen molar-refractivity contribution in [2.75, 3.05) is 32.7 Å². The summed E-state index contributed by atoms with van der Waals surface area (Å²) in [4.78, 5) is 14.1. The zero-order valence-electron chi connectivity index (χ0n) is 13.6. The Bertz CT molecular complexity index is 262. The van der Waals surface area contributed by atoms with Crippen molar-refractivity contribution in [3.8, 4) is 0 Å². The first-order valence-electron chi connectivity index (χ1n) is 8.39. The molecule has 0 radical (unpaired) electrons. The Morgan fingerprint density at radius 3 is 2.50 bits per heavy atom. The summed E-state index contributed by atoms with van der Waals surface area (Å²) in [5.74, 6) is 0.954. The van der Waals surface area contributed by atoms with Gasteiger partial charge >= 0.3 is 0 Å². The molecule has 0 saturated carbocycles. The van der Waals surface area contributed by atoms with Crippen molar-refractivity contribution < 1.29 is 4.79 Å². The molecule has 4 nitrogen and oxygen atoms in total. The SMILES string of the molecule is CCCCNC(=O)CN1CCC(C(C)NCCC)CC1. The second-order valence-electron chi connectivity index (χ2n) is 6.06. The standard InChI is InChI=1S/C16H33N3O/c1-4-6-10-18-16(20)13-19-11-7-15(8-12-19)14(3)17-9-5-2/h14-15,17H,4-13H2,1-3H3,(H,18,20). The van der Waals surface area contributed by atoms with Crippen molar-refractivity contribution in [3.63, 3.8) is 0 Å². The minimum Gasteiger partial charge on any atom is -0.355 e. The lowest BCUT2D eigenvalue weighted by molar-refractivity contribution is -0.122. The smallest absolute Gasteiger partial charge is 0.234 e. The number of carbonyl (C=O) groups excluding carboxylic acids is 1. The number of unbranched alkanes of at least 4 members (excludes halogenated alkanes) is 1. The maximum atomic E-state index is 11.8. The van der Waals surface area contributed by atoms with E-state index in [4.69, 9.17) is 0 Å². The predicted octanol–water partition coefficient (Wildman–Crippen LogP) is 2.00. The van der Waals surface area contributed by atoms with Crippen LogP contribution >= 0.6 is 0 Å². The van der Waals surface area contributed by atoms with Gasteiger partial charge in [0.25, 0.3) is 0 Å². The molecular formula is C16H33N3O. The van der Waals surface area contributed by atoms with Gasteiger partial charge in [-0.15, -0.1) is 0 Å². The van der Waals surface area contributed by atoms with E-state index in [-0.39, 0.29) is 5.91 Å². The summed E-state index contributed by atoms with van der Waals surface area (Å²) in [7, 11) is 0. The molecule has 4 heteroatoms. The average molecular weight is 283 g/mol. The third-order valence-corrected chi connectivity index (χ3v) is 4.28. The molecule has 1 aliphatic heterocycles. The van der Waals surface area contributed by atoms with Gasteiger partial charge in [0.05, 0.1) is 6.54 Å². The van der Waals surface area contributed by atoms with E-state index in [0.717, 1.165) is 44.9 Å². The summed E-state index contributed by atoms with van der Waals surface area (Å²) in [6, 6.07) is 0.607. The fourth-order valence-corrected chi connectivity index (χ4v) is 2.81. The zero-order valence-corrected chi connectivity index (χ0v) is 13.6. The molecule has 0 aromatic rings. The van der Waals surface area contributed by atoms with Crippen LogP contribution in [-0.4, -0.2) is 49.6 Å². The highest BCUT2D eigenvalue weighted by molar-refractivity contribution is 5.77. The third-order valence-electron chi connectivity index (χ3n) is 4.28. The van der Waals surface area contributed by atoms with E-state index in [1.54, 1.807) is 0 Å². The largest absolute Gasteiger partial charge is 0.355 e. The second-order valence-corrected chi connectivity index (χ2v) is 6.06. The number of carbonyl (C=O) groups is 1. The van der Waals surface area contributed by atoms with E-state index in [1.807, 2.05) is 0 Å². The van der Waals surface area contributed by atoms with Gasteiger partial charge in [0.2, 0.25) is 5.91 Å². The van der Waals surface area contributed by atoms with Crippen LogP contribution in [0.5, 0.6) is 0 Å². The van der Waals surface area contributed by atoms with Crippen LogP contribution in [-0.2, 0) is 4.79 Å². The lowest BCUT2D eigenvalue weighted by atomic mass is 9.90. The lowest BCUT2D eigenvalue weighted by Crippen LogP contribution is -2.45. The first-order valence-corrected chi connectivity index (χ1v) is 8.39. The number of piperidine rings is 1. The molecule has 0 bridgehead atoms. The molecule has 1 heterocycles. The highest BCUT2D eigenvalue weighted by Crippen LogP contribution is 2.20. The Balaban J connectivity index is 2.16. The number of hydrogen-bond donors (Lipinski definition) is 2. The molecule has 0 spiro atoms. The second kappa shape index (κ2) is 10.2. The van der Waals surface area contributed by atoms with Crippen LogP contribution in [0.25, 0.3) is 0 Å². The van der Waals surface area contributed by atoms with Crippen molar-refractivity contribution in [2.24, 2.45) is 5.92 Å². The molecule has 20 heavy (non-hydrogen) atoms. The molecule has 1 fully saturated rings. The van der Waals surface area contributed by atoms with Crippen molar-refractivity contribution in [1.82, 2.24) is 15.5 Å². The molecule has 118 valence electrons. The van der Waals surface area contributed by atoms with Gasteiger partial charge in [-0.1, -0.05) is 20.3 Å². The number of likely N-dealkylation sites (tertiary alicyclic amines) is 1. The van der Waals surface area contributed by atoms with Crippen LogP contribution in [0.15, 0.2) is 0 Å². The summed E-state index contributed by atoms with van der Waals surface area (Å²) in [5, 5.41) is 6.59. The molecule has 0 aromatic heterocycles. The molecule has 1 rings (SSSR count). The minimum absolute atomic E-state index is 0.189. The van der Waals surface area contributed by atoms with E-state index in [0.29, 0.717) is 12.6 Å². The summed E-state index contributed by atoms with van der Waals surface area (Å²) in [5.41, 5.74) is 0. The van der Waals surface area contributed by atoms with Crippen LogP contribution in [0.3, 0.4) is 0 Å². The third kappa shape index (κ3) is 6.71. The van der Waals surface area contributed by atoms with Gasteiger partial charge in [-0.05, 0) is 58.2 Å². The number of nitrogens with zero attached hydrogens (tertiary/aromatic N) is 1.